The first-order valence-corrected chi connectivity index (χ1v) is 11.2. The minimum Gasteiger partial charge on any atom is -0.497 e. The highest BCUT2D eigenvalue weighted by Gasteiger charge is 2.18. The first-order chi connectivity index (χ1) is 15.5. The van der Waals surface area contributed by atoms with Crippen LogP contribution in [0.5, 0.6) is 11.5 Å². The van der Waals surface area contributed by atoms with Crippen LogP contribution in [0.1, 0.15) is 49.8 Å². The molecule has 168 valence electrons. The van der Waals surface area contributed by atoms with Crippen molar-refractivity contribution >= 4 is 5.91 Å². The molecule has 1 amide bonds. The Hall–Kier alpha value is -3.27. The van der Waals surface area contributed by atoms with E-state index in [9.17, 15) is 4.79 Å². The summed E-state index contributed by atoms with van der Waals surface area (Å²) in [6.45, 7) is 6.95. The van der Waals surface area contributed by atoms with Crippen LogP contribution in [0.3, 0.4) is 0 Å². The Morgan fingerprint density at radius 1 is 0.844 bits per heavy atom. The van der Waals surface area contributed by atoms with Crippen LogP contribution in [0.25, 0.3) is 0 Å². The van der Waals surface area contributed by atoms with Crippen molar-refractivity contribution < 1.29 is 14.3 Å². The zero-order chi connectivity index (χ0) is 22.9. The van der Waals surface area contributed by atoms with Crippen LogP contribution < -0.4 is 9.47 Å². The largest absolute Gasteiger partial charge is 0.497 e. The molecule has 0 heterocycles. The van der Waals surface area contributed by atoms with Gasteiger partial charge in [-0.05, 0) is 61.2 Å². The second-order valence-electron chi connectivity index (χ2n) is 8.28. The molecule has 32 heavy (non-hydrogen) atoms. The van der Waals surface area contributed by atoms with E-state index in [1.807, 2.05) is 61.2 Å². The van der Waals surface area contributed by atoms with Gasteiger partial charge in [0.15, 0.2) is 0 Å². The number of amides is 1. The third-order valence-electron chi connectivity index (χ3n) is 5.52. The predicted octanol–water partition coefficient (Wildman–Crippen LogP) is 6.05. The third-order valence-corrected chi connectivity index (χ3v) is 5.52. The summed E-state index contributed by atoms with van der Waals surface area (Å²) >= 11 is 0. The van der Waals surface area contributed by atoms with Crippen molar-refractivity contribution in [3.05, 3.63) is 95.6 Å². The van der Waals surface area contributed by atoms with E-state index in [4.69, 9.17) is 9.47 Å². The van der Waals surface area contributed by atoms with Crippen molar-refractivity contribution in [2.24, 2.45) is 0 Å². The van der Waals surface area contributed by atoms with Crippen molar-refractivity contribution in [2.75, 3.05) is 13.7 Å². The zero-order valence-electron chi connectivity index (χ0n) is 19.5. The maximum absolute atomic E-state index is 12.4. The average Bonchev–Trinajstić information content (AvgIpc) is 2.80. The Balaban J connectivity index is 1.76. The molecule has 0 radical (unpaired) electrons. The van der Waals surface area contributed by atoms with Crippen LogP contribution >= 0.6 is 0 Å². The van der Waals surface area contributed by atoms with E-state index >= 15 is 0 Å². The van der Waals surface area contributed by atoms with Crippen molar-refractivity contribution in [3.63, 3.8) is 0 Å². The Labute approximate surface area is 191 Å². The third kappa shape index (κ3) is 6.61. The van der Waals surface area contributed by atoms with Gasteiger partial charge in [0.1, 0.15) is 11.5 Å². The van der Waals surface area contributed by atoms with Gasteiger partial charge in [0, 0.05) is 25.9 Å². The molecule has 0 N–H and O–H groups in total. The van der Waals surface area contributed by atoms with Crippen LogP contribution in [-0.2, 0) is 11.3 Å². The van der Waals surface area contributed by atoms with Crippen LogP contribution in [0.15, 0.2) is 78.9 Å². The summed E-state index contributed by atoms with van der Waals surface area (Å²) < 4.78 is 11.0. The summed E-state index contributed by atoms with van der Waals surface area (Å²) in [6, 6.07) is 26.7. The number of nitrogens with zero attached hydrogens (tertiary/aromatic N) is 1. The van der Waals surface area contributed by atoms with Gasteiger partial charge >= 0.3 is 0 Å². The molecule has 0 spiro atoms. The molecular formula is C28H33NO3. The van der Waals surface area contributed by atoms with Crippen molar-refractivity contribution in [1.29, 1.82) is 0 Å². The lowest BCUT2D eigenvalue weighted by molar-refractivity contribution is -0.129. The number of hydrogen-bond acceptors (Lipinski definition) is 3. The van der Waals surface area contributed by atoms with Gasteiger partial charge in [-0.2, -0.15) is 0 Å². The summed E-state index contributed by atoms with van der Waals surface area (Å²) in [6.07, 6.45) is 0.984. The van der Waals surface area contributed by atoms with Gasteiger partial charge in [0.05, 0.1) is 13.2 Å². The second-order valence-corrected chi connectivity index (χ2v) is 8.28. The molecule has 0 aliphatic rings. The second kappa shape index (κ2) is 11.4. The summed E-state index contributed by atoms with van der Waals surface area (Å²) in [5.41, 5.74) is 3.56. The molecule has 0 saturated heterocycles. The first kappa shape index (κ1) is 23.4. The normalized spacial score (nSPS) is 11.8. The highest BCUT2D eigenvalue weighted by Crippen LogP contribution is 2.30. The van der Waals surface area contributed by atoms with Crippen molar-refractivity contribution in [1.82, 2.24) is 4.90 Å². The minimum absolute atomic E-state index is 0.0771. The number of hydrogen-bond donors (Lipinski definition) is 0. The first-order valence-electron chi connectivity index (χ1n) is 11.2. The van der Waals surface area contributed by atoms with E-state index in [1.165, 1.54) is 11.1 Å². The molecule has 3 rings (SSSR count). The molecule has 0 fully saturated rings. The molecule has 0 unspecified atom stereocenters. The maximum Gasteiger partial charge on any atom is 0.219 e. The fourth-order valence-electron chi connectivity index (χ4n) is 3.85. The number of methoxy groups -OCH3 is 1. The Morgan fingerprint density at radius 2 is 1.44 bits per heavy atom. The molecule has 0 aromatic heterocycles. The lowest BCUT2D eigenvalue weighted by atomic mass is 9.88. The van der Waals surface area contributed by atoms with Gasteiger partial charge in [-0.3, -0.25) is 4.79 Å². The maximum atomic E-state index is 12.4. The van der Waals surface area contributed by atoms with E-state index in [1.54, 1.807) is 14.0 Å². The highest BCUT2D eigenvalue weighted by molar-refractivity contribution is 5.73. The standard InChI is InChI=1S/C28H33NO3/c1-21(2)32-27-16-12-25(13-17-27)28(24-8-6-5-7-9-24)18-19-29(22(3)30)20-23-10-14-26(31-4)15-11-23/h5-17,21,28H,18-20H2,1-4H3/t28-/m0/s1. The fraction of sp³-hybridized carbons (Fsp3) is 0.321. The van der Waals surface area contributed by atoms with E-state index < -0.39 is 0 Å². The number of rotatable bonds is 10. The Morgan fingerprint density at radius 3 is 2.00 bits per heavy atom. The van der Waals surface area contributed by atoms with Crippen molar-refractivity contribution in [3.8, 4) is 11.5 Å². The summed E-state index contributed by atoms with van der Waals surface area (Å²) in [7, 11) is 1.65. The molecule has 0 bridgehead atoms. The molecule has 3 aromatic rings. The summed E-state index contributed by atoms with van der Waals surface area (Å²) in [5.74, 6) is 1.97. The van der Waals surface area contributed by atoms with Gasteiger partial charge in [-0.25, -0.2) is 0 Å². The minimum atomic E-state index is 0.0771. The molecule has 0 saturated carbocycles. The van der Waals surface area contributed by atoms with Gasteiger partial charge in [0.25, 0.3) is 0 Å². The van der Waals surface area contributed by atoms with Gasteiger partial charge < -0.3 is 14.4 Å². The van der Waals surface area contributed by atoms with Gasteiger partial charge in [-0.1, -0.05) is 54.6 Å². The molecule has 4 heteroatoms. The van der Waals surface area contributed by atoms with Gasteiger partial charge in [-0.15, -0.1) is 0 Å². The molecule has 4 nitrogen and oxygen atoms in total. The molecule has 1 atom stereocenters. The van der Waals surface area contributed by atoms with Crippen LogP contribution in [-0.4, -0.2) is 30.6 Å². The fourth-order valence-corrected chi connectivity index (χ4v) is 3.85. The Kier molecular flexibility index (Phi) is 8.32. The van der Waals surface area contributed by atoms with Crippen LogP contribution in [0.2, 0.25) is 0 Å². The Bertz CT molecular complexity index is 966. The molecule has 0 aliphatic heterocycles. The van der Waals surface area contributed by atoms with E-state index in [-0.39, 0.29) is 17.9 Å². The lowest BCUT2D eigenvalue weighted by Gasteiger charge is -2.25. The van der Waals surface area contributed by atoms with Crippen LogP contribution in [0, 0.1) is 0 Å². The number of benzene rings is 3. The molecule has 0 aliphatic carbocycles. The number of carbonyl (C=O) groups excluding carboxylic acids is 1. The smallest absolute Gasteiger partial charge is 0.219 e. The average molecular weight is 432 g/mol. The quantitative estimate of drug-likeness (QED) is 0.392. The van der Waals surface area contributed by atoms with Crippen molar-refractivity contribution in [2.45, 2.75) is 45.8 Å². The van der Waals surface area contributed by atoms with Gasteiger partial charge in [0.2, 0.25) is 5.91 Å². The number of ether oxygens (including phenoxy) is 2. The summed E-state index contributed by atoms with van der Waals surface area (Å²) in [4.78, 5) is 14.3. The monoisotopic (exact) mass is 431 g/mol. The number of carbonyl (C=O) groups is 1. The molecule has 3 aromatic carbocycles. The van der Waals surface area contributed by atoms with Crippen LogP contribution in [0.4, 0.5) is 0 Å². The molecular weight excluding hydrogens is 398 g/mol. The topological polar surface area (TPSA) is 38.8 Å². The zero-order valence-corrected chi connectivity index (χ0v) is 19.5. The predicted molar refractivity (Wildman–Crippen MR) is 129 cm³/mol. The summed E-state index contributed by atoms with van der Waals surface area (Å²) in [5, 5.41) is 0. The SMILES string of the molecule is COc1ccc(CN(CC[C@@H](c2ccccc2)c2ccc(OC(C)C)cc2)C(C)=O)cc1. The van der Waals surface area contributed by atoms with E-state index in [2.05, 4.69) is 36.4 Å². The van der Waals surface area contributed by atoms with E-state index in [0.717, 1.165) is 23.5 Å². The van der Waals surface area contributed by atoms with E-state index in [0.29, 0.717) is 13.1 Å². The lowest BCUT2D eigenvalue weighted by Crippen LogP contribution is -2.30. The highest BCUT2D eigenvalue weighted by atomic mass is 16.5.